The van der Waals surface area contributed by atoms with Gasteiger partial charge in [0.05, 0.1) is 27.4 Å². The number of nitrogens with one attached hydrogen (secondary N) is 2. The van der Waals surface area contributed by atoms with E-state index in [0.29, 0.717) is 45.2 Å². The van der Waals surface area contributed by atoms with Crippen molar-refractivity contribution in [2.45, 2.75) is 18.9 Å². The van der Waals surface area contributed by atoms with E-state index in [-0.39, 0.29) is 23.5 Å². The molecule has 0 bridgehead atoms. The smallest absolute Gasteiger partial charge is 0.331 e. The maximum absolute atomic E-state index is 13.2. The molecule has 1 unspecified atom stereocenters. The van der Waals surface area contributed by atoms with Crippen molar-refractivity contribution in [3.05, 3.63) is 64.2 Å². The van der Waals surface area contributed by atoms with Gasteiger partial charge in [0.1, 0.15) is 9.71 Å². The van der Waals surface area contributed by atoms with Gasteiger partial charge < -0.3 is 15.5 Å². The number of nitro benzene ring substituents is 1. The SMILES string of the molecule is C=CC(=O)N1CCCC(NC(=O)c2sc3nccc4c3c2NC(=O)N4c2ccc([N+](=O)[O-])cc2)C1. The van der Waals surface area contributed by atoms with E-state index in [9.17, 15) is 24.5 Å². The van der Waals surface area contributed by atoms with Crippen LogP contribution in [0.5, 0.6) is 0 Å². The van der Waals surface area contributed by atoms with E-state index in [4.69, 9.17) is 0 Å². The van der Waals surface area contributed by atoms with Crippen LogP contribution in [-0.4, -0.2) is 51.8 Å². The van der Waals surface area contributed by atoms with E-state index in [2.05, 4.69) is 22.2 Å². The third kappa shape index (κ3) is 3.97. The van der Waals surface area contributed by atoms with Crippen molar-refractivity contribution in [1.29, 1.82) is 0 Å². The summed E-state index contributed by atoms with van der Waals surface area (Å²) in [4.78, 5) is 57.1. The Morgan fingerprint density at radius 1 is 1.29 bits per heavy atom. The zero-order chi connectivity index (χ0) is 24.7. The fourth-order valence-electron chi connectivity index (χ4n) is 4.40. The minimum atomic E-state index is -0.509. The molecule has 11 nitrogen and oxygen atoms in total. The molecule has 0 spiro atoms. The van der Waals surface area contributed by atoms with Crippen molar-refractivity contribution in [2.24, 2.45) is 0 Å². The number of carbonyl (C=O) groups excluding carboxylic acids is 3. The van der Waals surface area contributed by atoms with Crippen molar-refractivity contribution in [3.8, 4) is 0 Å². The fourth-order valence-corrected chi connectivity index (χ4v) is 5.42. The number of nitro groups is 1. The van der Waals surface area contributed by atoms with Crippen LogP contribution in [0, 0.1) is 10.1 Å². The van der Waals surface area contributed by atoms with Crippen LogP contribution in [0.4, 0.5) is 27.5 Å². The van der Waals surface area contributed by atoms with E-state index in [0.717, 1.165) is 12.8 Å². The summed E-state index contributed by atoms with van der Waals surface area (Å²) in [6.45, 7) is 4.53. The summed E-state index contributed by atoms with van der Waals surface area (Å²) in [5.74, 6) is -0.524. The van der Waals surface area contributed by atoms with Crippen molar-refractivity contribution < 1.29 is 19.3 Å². The number of urea groups is 1. The second-order valence-corrected chi connectivity index (χ2v) is 9.16. The summed E-state index contributed by atoms with van der Waals surface area (Å²) in [6.07, 6.45) is 4.31. The topological polar surface area (TPSA) is 138 Å². The average Bonchev–Trinajstić information content (AvgIpc) is 3.23. The summed E-state index contributed by atoms with van der Waals surface area (Å²) in [5.41, 5.74) is 1.26. The van der Waals surface area contributed by atoms with Crippen LogP contribution in [0.15, 0.2) is 49.2 Å². The summed E-state index contributed by atoms with van der Waals surface area (Å²) in [6, 6.07) is 6.59. The summed E-state index contributed by atoms with van der Waals surface area (Å²) >= 11 is 1.17. The van der Waals surface area contributed by atoms with Crippen LogP contribution in [0.3, 0.4) is 0 Å². The zero-order valence-electron chi connectivity index (χ0n) is 18.4. The van der Waals surface area contributed by atoms with Gasteiger partial charge in [0.15, 0.2) is 0 Å². The Kier molecular flexibility index (Phi) is 5.65. The first-order chi connectivity index (χ1) is 16.9. The maximum atomic E-state index is 13.2. The Bertz CT molecular complexity index is 1390. The number of amides is 4. The largest absolute Gasteiger partial charge is 0.347 e. The second kappa shape index (κ2) is 8.80. The zero-order valence-corrected chi connectivity index (χ0v) is 19.2. The highest BCUT2D eigenvalue weighted by atomic mass is 32.1. The van der Waals surface area contributed by atoms with Gasteiger partial charge in [0.2, 0.25) is 5.91 Å². The Labute approximate surface area is 203 Å². The van der Waals surface area contributed by atoms with E-state index in [1.54, 1.807) is 17.2 Å². The standard InChI is InChI=1S/C23H20N6O5S/c1-2-17(30)27-11-3-4-13(12-27)25-21(31)20-19-18-16(9-10-24-22(18)35-20)28(23(32)26-19)14-5-7-15(8-6-14)29(33)34/h2,5-10,13H,1,3-4,11-12H2,(H,25,31)(H,26,32). The number of piperidine rings is 1. The minimum Gasteiger partial charge on any atom is -0.347 e. The number of hydrogen-bond donors (Lipinski definition) is 2. The lowest BCUT2D eigenvalue weighted by atomic mass is 10.1. The lowest BCUT2D eigenvalue weighted by Gasteiger charge is -2.32. The molecule has 35 heavy (non-hydrogen) atoms. The maximum Gasteiger partial charge on any atom is 0.331 e. The molecule has 5 rings (SSSR count). The average molecular weight is 493 g/mol. The van der Waals surface area contributed by atoms with Gasteiger partial charge in [-0.1, -0.05) is 6.58 Å². The summed E-state index contributed by atoms with van der Waals surface area (Å²) < 4.78 is 0. The molecule has 1 aromatic carbocycles. The van der Waals surface area contributed by atoms with Gasteiger partial charge in [0.25, 0.3) is 11.6 Å². The van der Waals surface area contributed by atoms with E-state index in [1.165, 1.54) is 46.6 Å². The van der Waals surface area contributed by atoms with Crippen molar-refractivity contribution in [3.63, 3.8) is 0 Å². The number of nitrogens with zero attached hydrogens (tertiary/aromatic N) is 4. The normalized spacial score (nSPS) is 17.1. The van der Waals surface area contributed by atoms with E-state index < -0.39 is 11.0 Å². The lowest BCUT2D eigenvalue weighted by molar-refractivity contribution is -0.384. The van der Waals surface area contributed by atoms with Crippen LogP contribution in [0.2, 0.25) is 0 Å². The van der Waals surface area contributed by atoms with Gasteiger partial charge in [-0.25, -0.2) is 9.78 Å². The molecule has 178 valence electrons. The van der Waals surface area contributed by atoms with Crippen LogP contribution in [0.1, 0.15) is 22.5 Å². The molecule has 0 radical (unpaired) electrons. The molecular weight excluding hydrogens is 472 g/mol. The Morgan fingerprint density at radius 3 is 2.77 bits per heavy atom. The highest BCUT2D eigenvalue weighted by Gasteiger charge is 2.34. The predicted octanol–water partition coefficient (Wildman–Crippen LogP) is 3.79. The summed E-state index contributed by atoms with van der Waals surface area (Å²) in [7, 11) is 0. The van der Waals surface area contributed by atoms with Crippen molar-refractivity contribution >= 4 is 62.1 Å². The van der Waals surface area contributed by atoms with Crippen molar-refractivity contribution in [2.75, 3.05) is 23.3 Å². The number of non-ortho nitro benzene ring substituents is 1. The molecule has 2 aromatic heterocycles. The van der Waals surface area contributed by atoms with Gasteiger partial charge in [-0.05, 0) is 37.1 Å². The molecule has 1 atom stereocenters. The van der Waals surface area contributed by atoms with Gasteiger partial charge in [-0.3, -0.25) is 24.6 Å². The molecule has 4 amide bonds. The second-order valence-electron chi connectivity index (χ2n) is 8.16. The number of aromatic nitrogens is 1. The number of benzene rings is 1. The molecule has 0 aliphatic carbocycles. The van der Waals surface area contributed by atoms with Gasteiger partial charge in [-0.15, -0.1) is 11.3 Å². The number of rotatable bonds is 5. The number of carbonyl (C=O) groups is 3. The van der Waals surface area contributed by atoms with Crippen LogP contribution in [-0.2, 0) is 4.79 Å². The lowest BCUT2D eigenvalue weighted by Crippen LogP contribution is -2.49. The number of hydrogen-bond acceptors (Lipinski definition) is 7. The minimum absolute atomic E-state index is 0.0858. The molecule has 2 aliphatic heterocycles. The Hall–Kier alpha value is -4.32. The number of pyridine rings is 1. The summed E-state index contributed by atoms with van der Waals surface area (Å²) in [5, 5.41) is 17.4. The van der Waals surface area contributed by atoms with Gasteiger partial charge in [0, 0.05) is 37.5 Å². The monoisotopic (exact) mass is 492 g/mol. The van der Waals surface area contributed by atoms with Crippen molar-refractivity contribution in [1.82, 2.24) is 15.2 Å². The van der Waals surface area contributed by atoms with Gasteiger partial charge >= 0.3 is 6.03 Å². The van der Waals surface area contributed by atoms with Crippen LogP contribution >= 0.6 is 11.3 Å². The molecule has 12 heteroatoms. The number of anilines is 3. The highest BCUT2D eigenvalue weighted by Crippen LogP contribution is 2.45. The number of thiophene rings is 1. The van der Waals surface area contributed by atoms with Crippen LogP contribution in [0.25, 0.3) is 10.2 Å². The molecule has 2 N–H and O–H groups in total. The molecule has 1 saturated heterocycles. The first-order valence-electron chi connectivity index (χ1n) is 10.9. The quantitative estimate of drug-likeness (QED) is 0.316. The van der Waals surface area contributed by atoms with Crippen LogP contribution < -0.4 is 15.5 Å². The fraction of sp³-hybridized carbons (Fsp3) is 0.217. The molecule has 4 heterocycles. The molecular formula is C23H20N6O5S. The van der Waals surface area contributed by atoms with E-state index in [1.807, 2.05) is 0 Å². The van der Waals surface area contributed by atoms with Gasteiger partial charge in [-0.2, -0.15) is 0 Å². The predicted molar refractivity (Wildman–Crippen MR) is 131 cm³/mol. The Morgan fingerprint density at radius 2 is 2.06 bits per heavy atom. The number of likely N-dealkylation sites (tertiary alicyclic amines) is 1. The first kappa shape index (κ1) is 22.5. The van der Waals surface area contributed by atoms with E-state index >= 15 is 0 Å². The highest BCUT2D eigenvalue weighted by molar-refractivity contribution is 7.21. The molecule has 1 fully saturated rings. The Balaban J connectivity index is 1.46. The molecule has 2 aliphatic rings. The molecule has 3 aromatic rings. The first-order valence-corrected chi connectivity index (χ1v) is 11.7. The molecule has 0 saturated carbocycles. The third-order valence-corrected chi connectivity index (χ3v) is 7.11. The third-order valence-electron chi connectivity index (χ3n) is 6.01.